The molecule has 0 heterocycles. The Morgan fingerprint density at radius 2 is 2.00 bits per heavy atom. The number of amides is 1. The molecule has 0 unspecified atom stereocenters. The second kappa shape index (κ2) is 6.31. The van der Waals surface area contributed by atoms with Crippen molar-refractivity contribution in [1.29, 1.82) is 0 Å². The van der Waals surface area contributed by atoms with E-state index >= 15 is 0 Å². The Morgan fingerprint density at radius 1 is 1.40 bits per heavy atom. The van der Waals surface area contributed by atoms with Gasteiger partial charge in [-0.05, 0) is 26.0 Å². The van der Waals surface area contributed by atoms with Crippen LogP contribution in [0.4, 0.5) is 8.78 Å². The third kappa shape index (κ3) is 3.43. The fraction of sp³-hybridized carbons (Fsp3) is 0.385. The molecule has 1 amide bonds. The first kappa shape index (κ1) is 15.9. The van der Waals surface area contributed by atoms with E-state index in [1.54, 1.807) is 12.2 Å². The monoisotopic (exact) mass is 287 g/mol. The predicted molar refractivity (Wildman–Crippen MR) is 66.7 cm³/mol. The Balaban J connectivity index is 3.03. The van der Waals surface area contributed by atoms with Crippen molar-refractivity contribution in [2.75, 3.05) is 6.61 Å². The van der Waals surface area contributed by atoms with E-state index in [2.05, 4.69) is 0 Å². The van der Waals surface area contributed by atoms with Crippen molar-refractivity contribution in [2.24, 2.45) is 0 Å². The number of hydrogen-bond donors (Lipinski definition) is 2. The highest BCUT2D eigenvalue weighted by Gasteiger charge is 2.44. The topological polar surface area (TPSA) is 75.6 Å². The summed E-state index contributed by atoms with van der Waals surface area (Å²) in [6.07, 6.45) is 0. The summed E-state index contributed by atoms with van der Waals surface area (Å²) in [5.41, 5.74) is -0.600. The van der Waals surface area contributed by atoms with Gasteiger partial charge in [0.15, 0.2) is 0 Å². The van der Waals surface area contributed by atoms with Gasteiger partial charge in [0.2, 0.25) is 0 Å². The van der Waals surface area contributed by atoms with Gasteiger partial charge in [-0.25, -0.2) is 0 Å². The molecule has 0 saturated carbocycles. The summed E-state index contributed by atoms with van der Waals surface area (Å²) >= 11 is 0. The molecule has 0 aliphatic rings. The summed E-state index contributed by atoms with van der Waals surface area (Å²) in [4.78, 5) is 22.1. The number of carboxylic acids is 1. The fourth-order valence-corrected chi connectivity index (χ4v) is 1.48. The van der Waals surface area contributed by atoms with E-state index in [1.807, 2.05) is 0 Å². The van der Waals surface area contributed by atoms with Gasteiger partial charge >= 0.3 is 11.9 Å². The van der Waals surface area contributed by atoms with E-state index in [9.17, 15) is 18.4 Å². The summed E-state index contributed by atoms with van der Waals surface area (Å²) in [6.45, 7) is 2.90. The smallest absolute Gasteiger partial charge is 0.353 e. The van der Waals surface area contributed by atoms with Crippen LogP contribution in [0.3, 0.4) is 0 Å². The van der Waals surface area contributed by atoms with Crippen molar-refractivity contribution in [2.45, 2.75) is 25.8 Å². The van der Waals surface area contributed by atoms with Gasteiger partial charge in [-0.2, -0.15) is 8.78 Å². The number of carbonyl (C=O) groups is 2. The SMILES string of the molecule is CCOc1ccccc1C(F)(F)C(=O)N[C@@H](C)C(=O)O. The number of carboxylic acid groups (broad SMARTS) is 1. The zero-order valence-electron chi connectivity index (χ0n) is 11.0. The number of nitrogens with one attached hydrogen (secondary N) is 1. The summed E-state index contributed by atoms with van der Waals surface area (Å²) in [6, 6.07) is 3.83. The predicted octanol–water partition coefficient (Wildman–Crippen LogP) is 1.77. The van der Waals surface area contributed by atoms with Crippen molar-refractivity contribution in [3.8, 4) is 5.75 Å². The highest BCUT2D eigenvalue weighted by Crippen LogP contribution is 2.35. The molecule has 1 rings (SSSR count). The zero-order chi connectivity index (χ0) is 15.3. The minimum atomic E-state index is -3.88. The van der Waals surface area contributed by atoms with Crippen LogP contribution < -0.4 is 10.1 Å². The zero-order valence-corrected chi connectivity index (χ0v) is 11.0. The molecule has 0 aliphatic heterocycles. The second-order valence-corrected chi connectivity index (χ2v) is 4.04. The average molecular weight is 287 g/mol. The lowest BCUT2D eigenvalue weighted by molar-refractivity contribution is -0.152. The molecule has 0 fully saturated rings. The number of halogens is 2. The molecule has 5 nitrogen and oxygen atoms in total. The molecule has 0 aromatic heterocycles. The van der Waals surface area contributed by atoms with Gasteiger partial charge < -0.3 is 15.2 Å². The summed E-state index contributed by atoms with van der Waals surface area (Å²) in [7, 11) is 0. The first-order chi connectivity index (χ1) is 9.30. The molecule has 0 saturated heterocycles. The maximum absolute atomic E-state index is 14.1. The Labute approximate surface area is 114 Å². The van der Waals surface area contributed by atoms with Crippen LogP contribution in [0.15, 0.2) is 24.3 Å². The van der Waals surface area contributed by atoms with Crippen LogP contribution in [0.1, 0.15) is 19.4 Å². The van der Waals surface area contributed by atoms with Crippen LogP contribution in [0.2, 0.25) is 0 Å². The van der Waals surface area contributed by atoms with Crippen LogP contribution in [-0.4, -0.2) is 29.6 Å². The summed E-state index contributed by atoms with van der Waals surface area (Å²) in [5, 5.41) is 10.4. The maximum Gasteiger partial charge on any atom is 0.353 e. The van der Waals surface area contributed by atoms with E-state index in [0.29, 0.717) is 0 Å². The number of carbonyl (C=O) groups excluding carboxylic acids is 1. The van der Waals surface area contributed by atoms with Gasteiger partial charge in [-0.1, -0.05) is 12.1 Å². The Hall–Kier alpha value is -2.18. The maximum atomic E-state index is 14.1. The first-order valence-corrected chi connectivity index (χ1v) is 5.94. The van der Waals surface area contributed by atoms with Crippen molar-refractivity contribution in [1.82, 2.24) is 5.32 Å². The minimum absolute atomic E-state index is 0.113. The molecule has 0 radical (unpaired) electrons. The van der Waals surface area contributed by atoms with Crippen molar-refractivity contribution in [3.63, 3.8) is 0 Å². The third-order valence-electron chi connectivity index (χ3n) is 2.53. The molecule has 0 aliphatic carbocycles. The van der Waals surface area contributed by atoms with Crippen LogP contribution in [0.25, 0.3) is 0 Å². The molecule has 0 bridgehead atoms. The van der Waals surface area contributed by atoms with Gasteiger partial charge in [-0.3, -0.25) is 9.59 Å². The number of benzene rings is 1. The fourth-order valence-electron chi connectivity index (χ4n) is 1.48. The highest BCUT2D eigenvalue weighted by molar-refractivity contribution is 5.89. The van der Waals surface area contributed by atoms with E-state index in [4.69, 9.17) is 9.84 Å². The van der Waals surface area contributed by atoms with Crippen molar-refractivity contribution >= 4 is 11.9 Å². The molecule has 2 N–H and O–H groups in total. The summed E-state index contributed by atoms with van der Waals surface area (Å²) < 4.78 is 33.2. The number of ether oxygens (including phenoxy) is 1. The third-order valence-corrected chi connectivity index (χ3v) is 2.53. The Morgan fingerprint density at radius 3 is 2.55 bits per heavy atom. The molecule has 1 aromatic carbocycles. The molecular weight excluding hydrogens is 272 g/mol. The standard InChI is InChI=1S/C13H15F2NO4/c1-3-20-10-7-5-4-6-9(10)13(14,15)12(19)16-8(2)11(17)18/h4-8H,3H2,1-2H3,(H,16,19)(H,17,18)/t8-/m0/s1. The number of hydrogen-bond acceptors (Lipinski definition) is 3. The van der Waals surface area contributed by atoms with Crippen LogP contribution >= 0.6 is 0 Å². The lowest BCUT2D eigenvalue weighted by Crippen LogP contribution is -2.45. The lowest BCUT2D eigenvalue weighted by Gasteiger charge is -2.20. The number of alkyl halides is 2. The van der Waals surface area contributed by atoms with E-state index in [-0.39, 0.29) is 12.4 Å². The first-order valence-electron chi connectivity index (χ1n) is 5.94. The highest BCUT2D eigenvalue weighted by atomic mass is 19.3. The van der Waals surface area contributed by atoms with Crippen LogP contribution in [0, 0.1) is 0 Å². The lowest BCUT2D eigenvalue weighted by atomic mass is 10.1. The van der Waals surface area contributed by atoms with E-state index < -0.39 is 29.4 Å². The Bertz CT molecular complexity index is 505. The van der Waals surface area contributed by atoms with Crippen molar-refractivity contribution < 1.29 is 28.2 Å². The molecular formula is C13H15F2NO4. The van der Waals surface area contributed by atoms with Gasteiger partial charge in [0.1, 0.15) is 11.8 Å². The summed E-state index contributed by atoms with van der Waals surface area (Å²) in [5.74, 6) is -7.07. The largest absolute Gasteiger partial charge is 0.493 e. The van der Waals surface area contributed by atoms with Crippen LogP contribution in [0.5, 0.6) is 5.75 Å². The van der Waals surface area contributed by atoms with Gasteiger partial charge in [0.05, 0.1) is 12.2 Å². The average Bonchev–Trinajstić information content (AvgIpc) is 2.39. The molecule has 1 aromatic rings. The van der Waals surface area contributed by atoms with Crippen LogP contribution in [-0.2, 0) is 15.5 Å². The molecule has 7 heteroatoms. The number of aliphatic carboxylic acids is 1. The van der Waals surface area contributed by atoms with Crippen molar-refractivity contribution in [3.05, 3.63) is 29.8 Å². The number of para-hydroxylation sites is 1. The number of rotatable bonds is 6. The molecule has 0 spiro atoms. The second-order valence-electron chi connectivity index (χ2n) is 4.04. The van der Waals surface area contributed by atoms with E-state index in [0.717, 1.165) is 13.0 Å². The van der Waals surface area contributed by atoms with E-state index in [1.165, 1.54) is 18.2 Å². The molecule has 1 atom stereocenters. The Kier molecular flexibility index (Phi) is 5.01. The van der Waals surface area contributed by atoms with Gasteiger partial charge in [-0.15, -0.1) is 0 Å². The van der Waals surface area contributed by atoms with Gasteiger partial charge in [0, 0.05) is 0 Å². The molecule has 20 heavy (non-hydrogen) atoms. The molecule has 110 valence electrons. The van der Waals surface area contributed by atoms with Gasteiger partial charge in [0.25, 0.3) is 5.91 Å². The quantitative estimate of drug-likeness (QED) is 0.836. The minimum Gasteiger partial charge on any atom is -0.493 e. The normalized spacial score (nSPS) is 12.6.